The Bertz CT molecular complexity index is 153. The number of hydrogen-bond acceptors (Lipinski definition) is 0. The van der Waals surface area contributed by atoms with E-state index in [-0.39, 0.29) is 0 Å². The zero-order valence-electron chi connectivity index (χ0n) is 10.7. The second kappa shape index (κ2) is 13.5. The van der Waals surface area contributed by atoms with Crippen LogP contribution in [-0.4, -0.2) is 0 Å². The Morgan fingerprint density at radius 3 is 1.93 bits per heavy atom. The summed E-state index contributed by atoms with van der Waals surface area (Å²) in [6.45, 7) is 4.44. The summed E-state index contributed by atoms with van der Waals surface area (Å²) in [4.78, 5) is 0. The molecule has 0 radical (unpaired) electrons. The van der Waals surface area contributed by atoms with E-state index in [9.17, 15) is 0 Å². The van der Waals surface area contributed by atoms with Gasteiger partial charge >= 0.3 is 0 Å². The second-order valence-corrected chi connectivity index (χ2v) is 4.17. The van der Waals surface area contributed by atoms with Crippen LogP contribution in [0.25, 0.3) is 0 Å². The molecule has 88 valence electrons. The predicted octanol–water partition coefficient (Wildman–Crippen LogP) is 5.65. The Kier molecular flexibility index (Phi) is 13.0. The van der Waals surface area contributed by atoms with Gasteiger partial charge in [-0.25, -0.2) is 0 Å². The van der Waals surface area contributed by atoms with Gasteiger partial charge in [0.05, 0.1) is 0 Å². The van der Waals surface area contributed by atoms with Crippen LogP contribution in [0.2, 0.25) is 0 Å². The molecular formula is C15H28. The third kappa shape index (κ3) is 13.5. The van der Waals surface area contributed by atoms with Crippen LogP contribution < -0.4 is 0 Å². The Labute approximate surface area is 96.5 Å². The zero-order valence-corrected chi connectivity index (χ0v) is 10.7. The van der Waals surface area contributed by atoms with E-state index in [0.717, 1.165) is 6.42 Å². The molecule has 0 aliphatic carbocycles. The lowest BCUT2D eigenvalue weighted by Crippen LogP contribution is -1.78. The molecule has 0 saturated heterocycles. The van der Waals surface area contributed by atoms with Gasteiger partial charge in [0.2, 0.25) is 0 Å². The lowest BCUT2D eigenvalue weighted by atomic mass is 10.1. The fourth-order valence-corrected chi connectivity index (χ4v) is 1.61. The summed E-state index contributed by atoms with van der Waals surface area (Å²) in [5.41, 5.74) is 0. The largest absolute Gasteiger partial charge is 0.0848 e. The first-order valence-electron chi connectivity index (χ1n) is 6.73. The maximum absolute atomic E-state index is 2.29. The molecule has 15 heavy (non-hydrogen) atoms. The highest BCUT2D eigenvalue weighted by molar-refractivity contribution is 5.01. The van der Waals surface area contributed by atoms with Gasteiger partial charge in [-0.05, 0) is 19.3 Å². The first kappa shape index (κ1) is 14.5. The first-order valence-corrected chi connectivity index (χ1v) is 6.73. The number of unbranched alkanes of at least 4 members (excludes halogenated alkanes) is 7. The van der Waals surface area contributed by atoms with Crippen molar-refractivity contribution >= 4 is 0 Å². The molecule has 0 fully saturated rings. The number of rotatable bonds is 10. The minimum absolute atomic E-state index is 1.14. The standard InChI is InChI=1S/C15H28/c1-3-5-7-9-11-13-15-14-12-10-8-6-4-2/h5,7,9,11H,3-4,6,8,10,12-15H2,1-2H3/b7-5?,11-9+. The van der Waals surface area contributed by atoms with Crippen molar-refractivity contribution in [3.8, 4) is 0 Å². The van der Waals surface area contributed by atoms with Crippen molar-refractivity contribution in [1.82, 2.24) is 0 Å². The molecule has 0 bridgehead atoms. The topological polar surface area (TPSA) is 0 Å². The van der Waals surface area contributed by atoms with Crippen molar-refractivity contribution < 1.29 is 0 Å². The van der Waals surface area contributed by atoms with E-state index in [1.54, 1.807) is 0 Å². The molecule has 0 aliphatic rings. The molecule has 0 saturated carbocycles. The lowest BCUT2D eigenvalue weighted by molar-refractivity contribution is 0.592. The normalized spacial score (nSPS) is 11.9. The maximum atomic E-state index is 2.29. The van der Waals surface area contributed by atoms with E-state index in [1.807, 2.05) is 0 Å². The van der Waals surface area contributed by atoms with Crippen LogP contribution in [0.15, 0.2) is 24.3 Å². The van der Waals surface area contributed by atoms with Crippen LogP contribution in [-0.2, 0) is 0 Å². The van der Waals surface area contributed by atoms with Gasteiger partial charge in [0.15, 0.2) is 0 Å². The molecule has 0 unspecified atom stereocenters. The van der Waals surface area contributed by atoms with E-state index >= 15 is 0 Å². The summed E-state index contributed by atoms with van der Waals surface area (Å²) in [5.74, 6) is 0. The monoisotopic (exact) mass is 208 g/mol. The molecule has 0 amide bonds. The second-order valence-electron chi connectivity index (χ2n) is 4.17. The van der Waals surface area contributed by atoms with E-state index < -0.39 is 0 Å². The molecule has 0 heteroatoms. The summed E-state index contributed by atoms with van der Waals surface area (Å²) < 4.78 is 0. The molecule has 0 atom stereocenters. The highest BCUT2D eigenvalue weighted by Gasteiger charge is 1.88. The Balaban J connectivity index is 3.04. The smallest absolute Gasteiger partial charge is 0.0348 e. The van der Waals surface area contributed by atoms with Crippen molar-refractivity contribution in [3.05, 3.63) is 24.3 Å². The lowest BCUT2D eigenvalue weighted by Gasteiger charge is -1.98. The van der Waals surface area contributed by atoms with Gasteiger partial charge in [0.25, 0.3) is 0 Å². The average molecular weight is 208 g/mol. The fourth-order valence-electron chi connectivity index (χ4n) is 1.61. The molecule has 0 N–H and O–H groups in total. The van der Waals surface area contributed by atoms with Crippen LogP contribution >= 0.6 is 0 Å². The summed E-state index contributed by atoms with van der Waals surface area (Å²) in [6.07, 6.45) is 21.1. The van der Waals surface area contributed by atoms with E-state index in [1.165, 1.54) is 51.4 Å². The third-order valence-corrected chi connectivity index (χ3v) is 2.59. The molecule has 0 aromatic carbocycles. The number of hydrogen-bond donors (Lipinski definition) is 0. The van der Waals surface area contributed by atoms with Gasteiger partial charge in [0.1, 0.15) is 0 Å². The van der Waals surface area contributed by atoms with E-state index in [2.05, 4.69) is 38.2 Å². The minimum Gasteiger partial charge on any atom is -0.0848 e. The molecular weight excluding hydrogens is 180 g/mol. The summed E-state index contributed by atoms with van der Waals surface area (Å²) in [6, 6.07) is 0. The summed E-state index contributed by atoms with van der Waals surface area (Å²) in [7, 11) is 0. The van der Waals surface area contributed by atoms with Crippen LogP contribution in [0.5, 0.6) is 0 Å². The van der Waals surface area contributed by atoms with Gasteiger partial charge in [0, 0.05) is 0 Å². The van der Waals surface area contributed by atoms with Crippen molar-refractivity contribution in [3.63, 3.8) is 0 Å². The fraction of sp³-hybridized carbons (Fsp3) is 0.733. The Hall–Kier alpha value is -0.520. The van der Waals surface area contributed by atoms with Gasteiger partial charge in [-0.2, -0.15) is 0 Å². The van der Waals surface area contributed by atoms with Crippen molar-refractivity contribution in [2.45, 2.75) is 71.6 Å². The summed E-state index contributed by atoms with van der Waals surface area (Å²) in [5, 5.41) is 0. The molecule has 0 aromatic heterocycles. The molecule has 0 heterocycles. The molecule has 0 spiro atoms. The quantitative estimate of drug-likeness (QED) is 0.321. The highest BCUT2D eigenvalue weighted by atomic mass is 13.9. The van der Waals surface area contributed by atoms with Gasteiger partial charge in [-0.3, -0.25) is 0 Å². The predicted molar refractivity (Wildman–Crippen MR) is 71.2 cm³/mol. The van der Waals surface area contributed by atoms with Gasteiger partial charge in [-0.15, -0.1) is 0 Å². The molecule has 0 nitrogen and oxygen atoms in total. The van der Waals surface area contributed by atoms with Crippen LogP contribution in [0.3, 0.4) is 0 Å². The van der Waals surface area contributed by atoms with Gasteiger partial charge < -0.3 is 0 Å². The molecule has 0 aromatic rings. The van der Waals surface area contributed by atoms with Gasteiger partial charge in [-0.1, -0.05) is 76.7 Å². The Morgan fingerprint density at radius 2 is 1.27 bits per heavy atom. The SMILES string of the molecule is CCC=C/C=C/CCCCCCCCC. The molecule has 0 aliphatic heterocycles. The Morgan fingerprint density at radius 1 is 0.667 bits per heavy atom. The van der Waals surface area contributed by atoms with Crippen LogP contribution in [0, 0.1) is 0 Å². The minimum atomic E-state index is 1.14. The molecule has 0 rings (SSSR count). The van der Waals surface area contributed by atoms with Crippen LogP contribution in [0.1, 0.15) is 71.6 Å². The maximum Gasteiger partial charge on any atom is -0.0348 e. The van der Waals surface area contributed by atoms with Crippen LogP contribution in [0.4, 0.5) is 0 Å². The zero-order chi connectivity index (χ0) is 11.2. The van der Waals surface area contributed by atoms with Crippen molar-refractivity contribution in [2.24, 2.45) is 0 Å². The van der Waals surface area contributed by atoms with Crippen molar-refractivity contribution in [1.29, 1.82) is 0 Å². The first-order chi connectivity index (χ1) is 7.41. The van der Waals surface area contributed by atoms with E-state index in [4.69, 9.17) is 0 Å². The third-order valence-electron chi connectivity index (χ3n) is 2.59. The summed E-state index contributed by atoms with van der Waals surface area (Å²) >= 11 is 0. The number of allylic oxidation sites excluding steroid dienone is 4. The van der Waals surface area contributed by atoms with Crippen molar-refractivity contribution in [2.75, 3.05) is 0 Å². The van der Waals surface area contributed by atoms with E-state index in [0.29, 0.717) is 0 Å². The average Bonchev–Trinajstić information content (AvgIpc) is 2.26. The highest BCUT2D eigenvalue weighted by Crippen LogP contribution is 2.08.